The van der Waals surface area contributed by atoms with E-state index in [0.29, 0.717) is 22.2 Å². The van der Waals surface area contributed by atoms with Crippen molar-refractivity contribution >= 4 is 23.4 Å². The maximum absolute atomic E-state index is 11.9. The van der Waals surface area contributed by atoms with Crippen molar-refractivity contribution in [2.75, 3.05) is 0 Å². The van der Waals surface area contributed by atoms with Crippen molar-refractivity contribution in [1.29, 1.82) is 0 Å². The molecule has 106 valence electrons. The molecule has 2 N–H and O–H groups in total. The topological polar surface area (TPSA) is 66.0 Å². The number of H-pyrrole nitrogens is 1. The number of aromatic nitrogens is 2. The van der Waals surface area contributed by atoms with E-state index in [1.54, 1.807) is 12.1 Å². The van der Waals surface area contributed by atoms with E-state index in [-0.39, 0.29) is 17.4 Å². The van der Waals surface area contributed by atoms with Crippen LogP contribution in [0.1, 0.15) is 31.2 Å². The molecule has 0 amide bonds. The average molecular weight is 311 g/mol. The Morgan fingerprint density at radius 2 is 2.00 bits per heavy atom. The minimum Gasteiger partial charge on any atom is -0.493 e. The molecule has 0 saturated carbocycles. The average Bonchev–Trinajstić information content (AvgIpc) is 2.37. The predicted molar refractivity (Wildman–Crippen MR) is 81.6 cm³/mol. The Hall–Kier alpha value is -1.46. The number of rotatable bonds is 4. The van der Waals surface area contributed by atoms with E-state index in [0.717, 1.165) is 4.90 Å². The summed E-state index contributed by atoms with van der Waals surface area (Å²) in [6.45, 7) is 3.68. The van der Waals surface area contributed by atoms with E-state index >= 15 is 0 Å². The Morgan fingerprint density at radius 3 is 2.55 bits per heavy atom. The van der Waals surface area contributed by atoms with E-state index in [4.69, 9.17) is 11.6 Å². The van der Waals surface area contributed by atoms with Crippen LogP contribution in [0.15, 0.2) is 34.0 Å². The minimum atomic E-state index is -0.279. The molecule has 0 radical (unpaired) electrons. The second kappa shape index (κ2) is 6.33. The summed E-state index contributed by atoms with van der Waals surface area (Å²) < 4.78 is 0. The number of hydrogen-bond acceptors (Lipinski definition) is 4. The van der Waals surface area contributed by atoms with Gasteiger partial charge in [0.05, 0.1) is 11.3 Å². The van der Waals surface area contributed by atoms with Crippen molar-refractivity contribution in [2.45, 2.75) is 30.4 Å². The molecule has 0 aliphatic carbocycles. The van der Waals surface area contributed by atoms with Crippen molar-refractivity contribution in [1.82, 2.24) is 9.97 Å². The van der Waals surface area contributed by atoms with Crippen LogP contribution in [-0.4, -0.2) is 15.1 Å². The highest BCUT2D eigenvalue weighted by atomic mass is 35.5. The molecule has 1 heterocycles. The van der Waals surface area contributed by atoms with Gasteiger partial charge in [0.1, 0.15) is 5.82 Å². The molecule has 0 saturated heterocycles. The molecule has 1 aromatic carbocycles. The summed E-state index contributed by atoms with van der Waals surface area (Å²) in [7, 11) is 0. The normalized spacial score (nSPS) is 11.0. The maximum atomic E-state index is 11.9. The quantitative estimate of drug-likeness (QED) is 0.848. The first kappa shape index (κ1) is 14.9. The first-order valence-electron chi connectivity index (χ1n) is 6.18. The number of thioether (sulfide) groups is 1. The monoisotopic (exact) mass is 310 g/mol. The molecule has 0 aliphatic heterocycles. The zero-order valence-corrected chi connectivity index (χ0v) is 12.8. The van der Waals surface area contributed by atoms with Crippen LogP contribution in [-0.2, 0) is 5.75 Å². The Labute approximate surface area is 126 Å². The molecule has 0 aliphatic rings. The van der Waals surface area contributed by atoms with E-state index in [1.807, 2.05) is 26.0 Å². The standard InChI is InChI=1S/C14H15ClN2O2S/c1-8(2)12-13(18)16-11(17-14(12)19)7-20-10-5-3-9(15)4-6-10/h3-6,8H,7H2,1-2H3,(H2,16,17,18,19). The predicted octanol–water partition coefficient (Wildman–Crippen LogP) is 3.54. The van der Waals surface area contributed by atoms with Crippen molar-refractivity contribution in [3.63, 3.8) is 0 Å². The maximum Gasteiger partial charge on any atom is 0.258 e. The fourth-order valence-corrected chi connectivity index (χ4v) is 2.68. The lowest BCUT2D eigenvalue weighted by Gasteiger charge is -2.08. The van der Waals surface area contributed by atoms with Crippen LogP contribution in [0.3, 0.4) is 0 Å². The molecule has 20 heavy (non-hydrogen) atoms. The third-order valence-electron chi connectivity index (χ3n) is 2.75. The number of nitrogens with zero attached hydrogens (tertiary/aromatic N) is 1. The van der Waals surface area contributed by atoms with E-state index in [9.17, 15) is 9.90 Å². The highest BCUT2D eigenvalue weighted by Gasteiger charge is 2.14. The summed E-state index contributed by atoms with van der Waals surface area (Å²) in [5.74, 6) is 0.680. The zero-order valence-electron chi connectivity index (χ0n) is 11.2. The molecule has 0 fully saturated rings. The second-order valence-electron chi connectivity index (χ2n) is 4.65. The number of aromatic amines is 1. The van der Waals surface area contributed by atoms with Gasteiger partial charge in [-0.15, -0.1) is 11.8 Å². The molecule has 0 bridgehead atoms. The second-order valence-corrected chi connectivity index (χ2v) is 6.13. The van der Waals surface area contributed by atoms with Gasteiger partial charge in [0.2, 0.25) is 5.88 Å². The molecule has 0 unspecified atom stereocenters. The molecule has 0 spiro atoms. The Morgan fingerprint density at radius 1 is 1.35 bits per heavy atom. The van der Waals surface area contributed by atoms with Crippen LogP contribution in [0.2, 0.25) is 5.02 Å². The highest BCUT2D eigenvalue weighted by Crippen LogP contribution is 2.24. The van der Waals surface area contributed by atoms with E-state index in [2.05, 4.69) is 9.97 Å². The lowest BCUT2D eigenvalue weighted by molar-refractivity contribution is 0.437. The van der Waals surface area contributed by atoms with Gasteiger partial charge in [-0.2, -0.15) is 4.98 Å². The number of aromatic hydroxyl groups is 1. The number of nitrogens with one attached hydrogen (secondary N) is 1. The van der Waals surface area contributed by atoms with Crippen molar-refractivity contribution in [3.8, 4) is 5.88 Å². The van der Waals surface area contributed by atoms with Gasteiger partial charge in [-0.25, -0.2) is 0 Å². The minimum absolute atomic E-state index is 0.0655. The van der Waals surface area contributed by atoms with Gasteiger partial charge in [0.15, 0.2) is 0 Å². The Bertz CT molecular complexity index is 653. The van der Waals surface area contributed by atoms with E-state index in [1.165, 1.54) is 11.8 Å². The first-order valence-corrected chi connectivity index (χ1v) is 7.54. The Balaban J connectivity index is 2.15. The van der Waals surface area contributed by atoms with Crippen LogP contribution in [0.5, 0.6) is 5.88 Å². The summed E-state index contributed by atoms with van der Waals surface area (Å²) in [6.07, 6.45) is 0. The van der Waals surface area contributed by atoms with Gasteiger partial charge < -0.3 is 10.1 Å². The summed E-state index contributed by atoms with van der Waals surface area (Å²) in [6, 6.07) is 7.40. The lowest BCUT2D eigenvalue weighted by atomic mass is 10.1. The smallest absolute Gasteiger partial charge is 0.258 e. The zero-order chi connectivity index (χ0) is 14.7. The van der Waals surface area contributed by atoms with Crippen LogP contribution in [0, 0.1) is 0 Å². The van der Waals surface area contributed by atoms with E-state index < -0.39 is 0 Å². The van der Waals surface area contributed by atoms with Gasteiger partial charge >= 0.3 is 0 Å². The third-order valence-corrected chi connectivity index (χ3v) is 4.03. The summed E-state index contributed by atoms with van der Waals surface area (Å²) in [4.78, 5) is 19.6. The van der Waals surface area contributed by atoms with Crippen molar-refractivity contribution in [2.24, 2.45) is 0 Å². The van der Waals surface area contributed by atoms with Gasteiger partial charge in [0, 0.05) is 9.92 Å². The summed E-state index contributed by atoms with van der Waals surface area (Å²) in [5, 5.41) is 10.5. The fraction of sp³-hybridized carbons (Fsp3) is 0.286. The summed E-state index contributed by atoms with van der Waals surface area (Å²) in [5.41, 5.74) is 0.0458. The number of halogens is 1. The molecular formula is C14H15ClN2O2S. The molecule has 2 rings (SSSR count). The largest absolute Gasteiger partial charge is 0.493 e. The lowest BCUT2D eigenvalue weighted by Crippen LogP contribution is -2.17. The summed E-state index contributed by atoms with van der Waals surface area (Å²) >= 11 is 7.33. The molecule has 2 aromatic rings. The van der Waals surface area contributed by atoms with Gasteiger partial charge in [0.25, 0.3) is 5.56 Å². The van der Waals surface area contributed by atoms with Gasteiger partial charge in [-0.1, -0.05) is 25.4 Å². The van der Waals surface area contributed by atoms with Gasteiger partial charge in [-0.05, 0) is 30.2 Å². The molecular weight excluding hydrogens is 296 g/mol. The van der Waals surface area contributed by atoms with Crippen LogP contribution in [0.25, 0.3) is 0 Å². The van der Waals surface area contributed by atoms with Crippen molar-refractivity contribution in [3.05, 3.63) is 51.0 Å². The Kier molecular flexibility index (Phi) is 4.73. The molecule has 4 nitrogen and oxygen atoms in total. The van der Waals surface area contributed by atoms with Gasteiger partial charge in [-0.3, -0.25) is 4.79 Å². The number of hydrogen-bond donors (Lipinski definition) is 2. The van der Waals surface area contributed by atoms with Crippen molar-refractivity contribution < 1.29 is 5.11 Å². The highest BCUT2D eigenvalue weighted by molar-refractivity contribution is 7.98. The van der Waals surface area contributed by atoms with Crippen LogP contribution in [0.4, 0.5) is 0 Å². The van der Waals surface area contributed by atoms with Crippen LogP contribution >= 0.6 is 23.4 Å². The third kappa shape index (κ3) is 3.55. The molecule has 0 atom stereocenters. The number of benzene rings is 1. The molecule has 1 aromatic heterocycles. The fourth-order valence-electron chi connectivity index (χ4n) is 1.79. The first-order chi connectivity index (χ1) is 9.47. The van der Waals surface area contributed by atoms with Crippen LogP contribution < -0.4 is 5.56 Å². The molecule has 6 heteroatoms. The SMILES string of the molecule is CC(C)c1c(O)nc(CSc2ccc(Cl)cc2)[nH]c1=O.